The molecule has 26 heavy (non-hydrogen) atoms. The highest BCUT2D eigenvalue weighted by Crippen LogP contribution is 2.15. The number of amides is 1. The van der Waals surface area contributed by atoms with Crippen LogP contribution in [-0.2, 0) is 17.9 Å². The Bertz CT molecular complexity index is 960. The number of nitrogens with one attached hydrogen (secondary N) is 2. The monoisotopic (exact) mass is 353 g/mol. The molecule has 0 bridgehead atoms. The molecular weight excluding hydrogens is 334 g/mol. The van der Waals surface area contributed by atoms with E-state index in [0.717, 1.165) is 5.56 Å². The van der Waals surface area contributed by atoms with Crippen molar-refractivity contribution < 1.29 is 4.79 Å². The van der Waals surface area contributed by atoms with Gasteiger partial charge in [-0.3, -0.25) is 14.6 Å². The van der Waals surface area contributed by atoms with E-state index >= 15 is 0 Å². The SMILES string of the molecule is O=C(CCn1ccc(=O)[nH]c1=O)NC(Cn1ccnc1)c1ccccc1. The van der Waals surface area contributed by atoms with Crippen LogP contribution in [0.15, 0.2) is 70.9 Å². The van der Waals surface area contributed by atoms with Crippen molar-refractivity contribution in [3.8, 4) is 0 Å². The average Bonchev–Trinajstić information content (AvgIpc) is 3.14. The van der Waals surface area contributed by atoms with Gasteiger partial charge < -0.3 is 14.5 Å². The molecule has 8 nitrogen and oxygen atoms in total. The zero-order valence-corrected chi connectivity index (χ0v) is 14.0. The van der Waals surface area contributed by atoms with E-state index in [1.165, 1.54) is 16.8 Å². The van der Waals surface area contributed by atoms with Crippen LogP contribution in [0.3, 0.4) is 0 Å². The Balaban J connectivity index is 1.66. The van der Waals surface area contributed by atoms with Gasteiger partial charge in [0.05, 0.1) is 12.4 Å². The van der Waals surface area contributed by atoms with Crippen LogP contribution in [0.5, 0.6) is 0 Å². The van der Waals surface area contributed by atoms with Gasteiger partial charge >= 0.3 is 5.69 Å². The van der Waals surface area contributed by atoms with Crippen LogP contribution in [0, 0.1) is 0 Å². The van der Waals surface area contributed by atoms with E-state index in [9.17, 15) is 14.4 Å². The first-order chi connectivity index (χ1) is 12.6. The Labute approximate surface area is 149 Å². The summed E-state index contributed by atoms with van der Waals surface area (Å²) in [6.07, 6.45) is 6.73. The molecular formula is C18H19N5O3. The number of hydrogen-bond donors (Lipinski definition) is 2. The molecule has 1 amide bonds. The molecule has 0 fully saturated rings. The Hall–Kier alpha value is -3.42. The topological polar surface area (TPSA) is 102 Å². The predicted molar refractivity (Wildman–Crippen MR) is 95.5 cm³/mol. The van der Waals surface area contributed by atoms with E-state index in [2.05, 4.69) is 15.3 Å². The summed E-state index contributed by atoms with van der Waals surface area (Å²) in [6.45, 7) is 0.738. The molecule has 0 saturated carbocycles. The molecule has 0 saturated heterocycles. The minimum absolute atomic E-state index is 0.124. The van der Waals surface area contributed by atoms with Crippen molar-refractivity contribution in [3.63, 3.8) is 0 Å². The smallest absolute Gasteiger partial charge is 0.328 e. The zero-order valence-electron chi connectivity index (χ0n) is 14.0. The minimum Gasteiger partial charge on any atom is -0.347 e. The summed E-state index contributed by atoms with van der Waals surface area (Å²) in [7, 11) is 0. The van der Waals surface area contributed by atoms with E-state index in [0.29, 0.717) is 6.54 Å². The Morgan fingerprint density at radius 3 is 2.65 bits per heavy atom. The third-order valence-electron chi connectivity index (χ3n) is 3.97. The maximum Gasteiger partial charge on any atom is 0.328 e. The van der Waals surface area contributed by atoms with E-state index in [4.69, 9.17) is 0 Å². The lowest BCUT2D eigenvalue weighted by atomic mass is 10.1. The van der Waals surface area contributed by atoms with Crippen molar-refractivity contribution in [1.82, 2.24) is 24.4 Å². The molecule has 3 rings (SSSR count). The average molecular weight is 353 g/mol. The molecule has 3 aromatic rings. The highest BCUT2D eigenvalue weighted by atomic mass is 16.2. The number of nitrogens with zero attached hydrogens (tertiary/aromatic N) is 3. The van der Waals surface area contributed by atoms with Gasteiger partial charge in [-0.05, 0) is 5.56 Å². The van der Waals surface area contributed by atoms with Crippen molar-refractivity contribution in [2.24, 2.45) is 0 Å². The summed E-state index contributed by atoms with van der Waals surface area (Å²) >= 11 is 0. The molecule has 0 spiro atoms. The quantitative estimate of drug-likeness (QED) is 0.652. The van der Waals surface area contributed by atoms with Crippen LogP contribution in [0.25, 0.3) is 0 Å². The van der Waals surface area contributed by atoms with Gasteiger partial charge in [-0.15, -0.1) is 0 Å². The van der Waals surface area contributed by atoms with Gasteiger partial charge in [0.25, 0.3) is 5.56 Å². The Morgan fingerprint density at radius 1 is 1.15 bits per heavy atom. The van der Waals surface area contributed by atoms with Crippen molar-refractivity contribution >= 4 is 5.91 Å². The molecule has 0 radical (unpaired) electrons. The van der Waals surface area contributed by atoms with Gasteiger partial charge in [0, 0.05) is 44.2 Å². The lowest BCUT2D eigenvalue weighted by Crippen LogP contribution is -2.34. The van der Waals surface area contributed by atoms with Crippen LogP contribution in [0.4, 0.5) is 0 Å². The molecule has 1 unspecified atom stereocenters. The molecule has 1 aromatic carbocycles. The number of rotatable bonds is 7. The lowest BCUT2D eigenvalue weighted by molar-refractivity contribution is -0.122. The van der Waals surface area contributed by atoms with Gasteiger partial charge in [-0.2, -0.15) is 0 Å². The van der Waals surface area contributed by atoms with Crippen molar-refractivity contribution in [1.29, 1.82) is 0 Å². The number of hydrogen-bond acceptors (Lipinski definition) is 4. The van der Waals surface area contributed by atoms with Gasteiger partial charge in [0.1, 0.15) is 0 Å². The van der Waals surface area contributed by atoms with Crippen LogP contribution < -0.4 is 16.6 Å². The third kappa shape index (κ3) is 4.56. The van der Waals surface area contributed by atoms with E-state index < -0.39 is 11.2 Å². The zero-order chi connectivity index (χ0) is 18.4. The Kier molecular flexibility index (Phi) is 5.43. The van der Waals surface area contributed by atoms with Crippen LogP contribution in [0.1, 0.15) is 18.0 Å². The number of imidazole rings is 1. The number of aromatic nitrogens is 4. The van der Waals surface area contributed by atoms with Crippen LogP contribution in [-0.4, -0.2) is 25.0 Å². The number of aromatic amines is 1. The fraction of sp³-hybridized carbons (Fsp3) is 0.222. The second-order valence-corrected chi connectivity index (χ2v) is 5.84. The number of carbonyl (C=O) groups is 1. The summed E-state index contributed by atoms with van der Waals surface area (Å²) in [5.41, 5.74) is -0.000687. The maximum absolute atomic E-state index is 12.4. The van der Waals surface area contributed by atoms with E-state index in [1.807, 2.05) is 41.1 Å². The molecule has 8 heteroatoms. The standard InChI is InChI=1S/C18H19N5O3/c24-16(6-9-23-10-7-17(25)21-18(23)26)20-15(12-22-11-8-19-13-22)14-4-2-1-3-5-14/h1-5,7-8,10-11,13,15H,6,9,12H2,(H,20,24)(H,21,25,26). The van der Waals surface area contributed by atoms with Crippen LogP contribution >= 0.6 is 0 Å². The first-order valence-electron chi connectivity index (χ1n) is 8.21. The van der Waals surface area contributed by atoms with Gasteiger partial charge in [0.2, 0.25) is 5.91 Å². The molecule has 1 atom stereocenters. The second kappa shape index (κ2) is 8.11. The fourth-order valence-corrected chi connectivity index (χ4v) is 2.63. The largest absolute Gasteiger partial charge is 0.347 e. The van der Waals surface area contributed by atoms with Gasteiger partial charge in [0.15, 0.2) is 0 Å². The van der Waals surface area contributed by atoms with Crippen molar-refractivity contribution in [3.05, 3.63) is 87.7 Å². The molecule has 0 aliphatic heterocycles. The van der Waals surface area contributed by atoms with E-state index in [1.54, 1.807) is 12.5 Å². The minimum atomic E-state index is -0.525. The summed E-state index contributed by atoms with van der Waals surface area (Å²) in [5.74, 6) is -0.183. The molecule has 2 aromatic heterocycles. The number of carbonyl (C=O) groups excluding carboxylic acids is 1. The fourth-order valence-electron chi connectivity index (χ4n) is 2.63. The van der Waals surface area contributed by atoms with E-state index in [-0.39, 0.29) is 24.9 Å². The van der Waals surface area contributed by atoms with Gasteiger partial charge in [-0.1, -0.05) is 30.3 Å². The highest BCUT2D eigenvalue weighted by Gasteiger charge is 2.15. The summed E-state index contributed by atoms with van der Waals surface area (Å²) in [6, 6.07) is 10.7. The molecule has 134 valence electrons. The number of H-pyrrole nitrogens is 1. The predicted octanol–water partition coefficient (Wildman–Crippen LogP) is 0.681. The summed E-state index contributed by atoms with van der Waals surface area (Å²) in [5, 5.41) is 3.00. The summed E-state index contributed by atoms with van der Waals surface area (Å²) in [4.78, 5) is 41.3. The first-order valence-corrected chi connectivity index (χ1v) is 8.21. The van der Waals surface area contributed by atoms with Crippen LogP contribution in [0.2, 0.25) is 0 Å². The normalized spacial score (nSPS) is 11.8. The molecule has 0 aliphatic carbocycles. The van der Waals surface area contributed by atoms with Crippen molar-refractivity contribution in [2.45, 2.75) is 25.6 Å². The van der Waals surface area contributed by atoms with Crippen molar-refractivity contribution in [2.75, 3.05) is 0 Å². The number of benzene rings is 1. The van der Waals surface area contributed by atoms with Gasteiger partial charge in [-0.25, -0.2) is 9.78 Å². The molecule has 2 N–H and O–H groups in total. The maximum atomic E-state index is 12.4. The second-order valence-electron chi connectivity index (χ2n) is 5.84. The molecule has 2 heterocycles. The third-order valence-corrected chi connectivity index (χ3v) is 3.97. The number of aryl methyl sites for hydroxylation is 1. The molecule has 0 aliphatic rings. The Morgan fingerprint density at radius 2 is 1.96 bits per heavy atom. The first kappa shape index (κ1) is 17.4. The lowest BCUT2D eigenvalue weighted by Gasteiger charge is -2.20. The summed E-state index contributed by atoms with van der Waals surface area (Å²) < 4.78 is 3.19. The highest BCUT2D eigenvalue weighted by molar-refractivity contribution is 5.76.